The molecule has 0 spiro atoms. The number of nitrogens with two attached hydrogens (primary N) is 1. The summed E-state index contributed by atoms with van der Waals surface area (Å²) >= 11 is 0. The van der Waals surface area contributed by atoms with E-state index in [-0.39, 0.29) is 42.5 Å². The standard InChI is InChI=1S/C18H29N5O3/c1-12-8-22(9-13(2)26-12)18(25)11-23-10-15(7-20-23)21-17(24)6-14-4-3-5-16(14)19/h7,10,12-14,16H,3-6,8-9,11,19H2,1-2H3,(H,21,24)/t12?,13?,14-,16+/m0/s1. The molecule has 26 heavy (non-hydrogen) atoms. The lowest BCUT2D eigenvalue weighted by Gasteiger charge is -2.35. The number of carbonyl (C=O) groups excluding carboxylic acids is 2. The fourth-order valence-corrected chi connectivity index (χ4v) is 3.90. The van der Waals surface area contributed by atoms with Crippen LogP contribution in [0, 0.1) is 5.92 Å². The van der Waals surface area contributed by atoms with Crippen molar-refractivity contribution in [1.82, 2.24) is 14.7 Å². The lowest BCUT2D eigenvalue weighted by atomic mass is 10.00. The largest absolute Gasteiger partial charge is 0.372 e. The van der Waals surface area contributed by atoms with Crippen LogP contribution in [0.4, 0.5) is 5.69 Å². The van der Waals surface area contributed by atoms with Crippen LogP contribution in [0.15, 0.2) is 12.4 Å². The number of ether oxygens (including phenoxy) is 1. The molecule has 1 aliphatic carbocycles. The van der Waals surface area contributed by atoms with Crippen LogP contribution in [-0.4, -0.2) is 57.8 Å². The van der Waals surface area contributed by atoms with Crippen molar-refractivity contribution in [3.8, 4) is 0 Å². The van der Waals surface area contributed by atoms with E-state index in [1.54, 1.807) is 22.0 Å². The zero-order chi connectivity index (χ0) is 18.7. The fourth-order valence-electron chi connectivity index (χ4n) is 3.90. The Balaban J connectivity index is 1.49. The quantitative estimate of drug-likeness (QED) is 0.812. The molecule has 2 heterocycles. The third-order valence-electron chi connectivity index (χ3n) is 5.15. The highest BCUT2D eigenvalue weighted by molar-refractivity contribution is 5.90. The molecule has 2 unspecified atom stereocenters. The number of nitrogens with zero attached hydrogens (tertiary/aromatic N) is 3. The molecule has 2 amide bonds. The molecule has 3 rings (SSSR count). The van der Waals surface area contributed by atoms with E-state index in [0.717, 1.165) is 19.3 Å². The van der Waals surface area contributed by atoms with Crippen LogP contribution in [0.2, 0.25) is 0 Å². The van der Waals surface area contributed by atoms with Gasteiger partial charge < -0.3 is 20.7 Å². The molecule has 1 aliphatic heterocycles. The normalized spacial score (nSPS) is 29.0. The maximum absolute atomic E-state index is 12.5. The summed E-state index contributed by atoms with van der Waals surface area (Å²) in [7, 11) is 0. The predicted molar refractivity (Wildman–Crippen MR) is 97.4 cm³/mol. The fraction of sp³-hybridized carbons (Fsp3) is 0.722. The van der Waals surface area contributed by atoms with Gasteiger partial charge in [-0.1, -0.05) is 6.42 Å². The summed E-state index contributed by atoms with van der Waals surface area (Å²) < 4.78 is 7.21. The summed E-state index contributed by atoms with van der Waals surface area (Å²) in [5.74, 6) is 0.218. The summed E-state index contributed by atoms with van der Waals surface area (Å²) in [6.45, 7) is 5.27. The molecule has 8 nitrogen and oxygen atoms in total. The number of anilines is 1. The first kappa shape index (κ1) is 18.8. The first-order chi connectivity index (χ1) is 12.4. The predicted octanol–water partition coefficient (Wildman–Crippen LogP) is 0.975. The minimum absolute atomic E-state index is 0.00454. The van der Waals surface area contributed by atoms with Crippen molar-refractivity contribution < 1.29 is 14.3 Å². The van der Waals surface area contributed by atoms with Gasteiger partial charge in [0.1, 0.15) is 6.54 Å². The van der Waals surface area contributed by atoms with Crippen molar-refractivity contribution in [3.05, 3.63) is 12.4 Å². The molecule has 0 aromatic carbocycles. The van der Waals surface area contributed by atoms with Crippen LogP contribution >= 0.6 is 0 Å². The summed E-state index contributed by atoms with van der Waals surface area (Å²) in [6, 6.07) is 0.124. The minimum atomic E-state index is -0.0472. The van der Waals surface area contributed by atoms with Crippen LogP contribution < -0.4 is 11.1 Å². The average Bonchev–Trinajstić information content (AvgIpc) is 3.16. The molecule has 2 fully saturated rings. The van der Waals surface area contributed by atoms with Crippen LogP contribution in [0.1, 0.15) is 39.5 Å². The first-order valence-electron chi connectivity index (χ1n) is 9.42. The lowest BCUT2D eigenvalue weighted by molar-refractivity contribution is -0.144. The molecule has 8 heteroatoms. The van der Waals surface area contributed by atoms with E-state index < -0.39 is 0 Å². The molecule has 1 saturated heterocycles. The molecule has 3 N–H and O–H groups in total. The van der Waals surface area contributed by atoms with E-state index in [1.807, 2.05) is 13.8 Å². The van der Waals surface area contributed by atoms with E-state index in [2.05, 4.69) is 10.4 Å². The molecule has 0 bridgehead atoms. The van der Waals surface area contributed by atoms with Gasteiger partial charge in [-0.05, 0) is 32.6 Å². The SMILES string of the molecule is CC1CN(C(=O)Cn2cc(NC(=O)C[C@@H]3CCC[C@H]3N)cn2)CC(C)O1. The Bertz CT molecular complexity index is 637. The number of hydrogen-bond donors (Lipinski definition) is 2. The highest BCUT2D eigenvalue weighted by Gasteiger charge is 2.27. The van der Waals surface area contributed by atoms with Crippen molar-refractivity contribution in [1.29, 1.82) is 0 Å². The maximum Gasteiger partial charge on any atom is 0.244 e. The summed E-state index contributed by atoms with van der Waals surface area (Å²) in [4.78, 5) is 26.4. The van der Waals surface area contributed by atoms with Gasteiger partial charge in [0, 0.05) is 31.7 Å². The molecule has 0 radical (unpaired) electrons. The number of morpholine rings is 1. The zero-order valence-electron chi connectivity index (χ0n) is 15.6. The third kappa shape index (κ3) is 4.82. The van der Waals surface area contributed by atoms with E-state index in [4.69, 9.17) is 10.5 Å². The first-order valence-corrected chi connectivity index (χ1v) is 9.42. The van der Waals surface area contributed by atoms with E-state index in [1.165, 1.54) is 0 Å². The highest BCUT2D eigenvalue weighted by Crippen LogP contribution is 2.27. The van der Waals surface area contributed by atoms with Crippen LogP contribution in [-0.2, 0) is 20.9 Å². The number of nitrogens with one attached hydrogen (secondary N) is 1. The summed E-state index contributed by atoms with van der Waals surface area (Å²) in [6.07, 6.45) is 6.89. The number of carbonyl (C=O) groups is 2. The van der Waals surface area contributed by atoms with Crippen LogP contribution in [0.3, 0.4) is 0 Å². The zero-order valence-corrected chi connectivity index (χ0v) is 15.6. The Labute approximate surface area is 154 Å². The number of amides is 2. The van der Waals surface area contributed by atoms with Gasteiger partial charge in [0.2, 0.25) is 11.8 Å². The second-order valence-electron chi connectivity index (χ2n) is 7.59. The van der Waals surface area contributed by atoms with Crippen molar-refractivity contribution in [2.24, 2.45) is 11.7 Å². The smallest absolute Gasteiger partial charge is 0.244 e. The number of aromatic nitrogens is 2. The van der Waals surface area contributed by atoms with Crippen LogP contribution in [0.25, 0.3) is 0 Å². The second-order valence-corrected chi connectivity index (χ2v) is 7.59. The van der Waals surface area contributed by atoms with Crippen molar-refractivity contribution >= 4 is 17.5 Å². The monoisotopic (exact) mass is 363 g/mol. The average molecular weight is 363 g/mol. The van der Waals surface area contributed by atoms with Gasteiger partial charge in [-0.3, -0.25) is 14.3 Å². The second kappa shape index (κ2) is 8.18. The number of hydrogen-bond acceptors (Lipinski definition) is 5. The molecule has 1 aromatic heterocycles. The minimum Gasteiger partial charge on any atom is -0.372 e. The van der Waals surface area contributed by atoms with Crippen molar-refractivity contribution in [2.45, 2.75) is 64.3 Å². The third-order valence-corrected chi connectivity index (χ3v) is 5.15. The van der Waals surface area contributed by atoms with Gasteiger partial charge in [-0.25, -0.2) is 0 Å². The van der Waals surface area contributed by atoms with E-state index >= 15 is 0 Å². The van der Waals surface area contributed by atoms with Gasteiger partial charge in [0.05, 0.1) is 24.1 Å². The van der Waals surface area contributed by atoms with Gasteiger partial charge in [0.15, 0.2) is 0 Å². The number of rotatable bonds is 5. The van der Waals surface area contributed by atoms with Gasteiger partial charge in [0.25, 0.3) is 0 Å². The molecule has 2 aliphatic rings. The molecule has 144 valence electrons. The molecular formula is C18H29N5O3. The molecule has 1 saturated carbocycles. The topological polar surface area (TPSA) is 102 Å². The Morgan fingerprint density at radius 2 is 2.04 bits per heavy atom. The molecule has 4 atom stereocenters. The molecule has 1 aromatic rings. The Hall–Kier alpha value is -1.93. The van der Waals surface area contributed by atoms with E-state index in [9.17, 15) is 9.59 Å². The summed E-state index contributed by atoms with van der Waals surface area (Å²) in [5, 5.41) is 7.04. The lowest BCUT2D eigenvalue weighted by Crippen LogP contribution is -2.49. The van der Waals surface area contributed by atoms with Crippen molar-refractivity contribution in [2.75, 3.05) is 18.4 Å². The highest BCUT2D eigenvalue weighted by atomic mass is 16.5. The Morgan fingerprint density at radius 1 is 1.31 bits per heavy atom. The summed E-state index contributed by atoms with van der Waals surface area (Å²) in [5.41, 5.74) is 6.63. The van der Waals surface area contributed by atoms with Crippen LogP contribution in [0.5, 0.6) is 0 Å². The molecular weight excluding hydrogens is 334 g/mol. The van der Waals surface area contributed by atoms with Gasteiger partial charge >= 0.3 is 0 Å². The van der Waals surface area contributed by atoms with Crippen molar-refractivity contribution in [3.63, 3.8) is 0 Å². The Morgan fingerprint density at radius 3 is 2.69 bits per heavy atom. The van der Waals surface area contributed by atoms with E-state index in [0.29, 0.717) is 25.2 Å². The maximum atomic E-state index is 12.5. The Kier molecular flexibility index (Phi) is 5.93. The van der Waals surface area contributed by atoms with Gasteiger partial charge in [-0.2, -0.15) is 5.10 Å². The van der Waals surface area contributed by atoms with Gasteiger partial charge in [-0.15, -0.1) is 0 Å².